The first-order chi connectivity index (χ1) is 9.88. The average Bonchev–Trinajstić information content (AvgIpc) is 2.42. The monoisotopic (exact) mass is 293 g/mol. The van der Waals surface area contributed by atoms with Crippen LogP contribution >= 0.6 is 0 Å². The lowest BCUT2D eigenvalue weighted by Gasteiger charge is -2.35. The molecule has 0 aliphatic carbocycles. The fraction of sp³-hybridized carbons (Fsp3) is 0.500. The van der Waals surface area contributed by atoms with E-state index in [1.807, 2.05) is 0 Å². The van der Waals surface area contributed by atoms with Gasteiger partial charge in [0.15, 0.2) is 0 Å². The third kappa shape index (κ3) is 3.49. The summed E-state index contributed by atoms with van der Waals surface area (Å²) in [4.78, 5) is 23.8. The molecule has 2 N–H and O–H groups in total. The molecule has 0 radical (unpaired) electrons. The Bertz CT molecular complexity index is 561. The first-order valence-electron chi connectivity index (χ1n) is 6.87. The molecule has 7 nitrogen and oxygen atoms in total. The highest BCUT2D eigenvalue weighted by Crippen LogP contribution is 2.26. The van der Waals surface area contributed by atoms with Crippen molar-refractivity contribution < 1.29 is 14.8 Å². The summed E-state index contributed by atoms with van der Waals surface area (Å²) in [6.45, 7) is 3.02. The number of piperidine rings is 1. The van der Waals surface area contributed by atoms with E-state index in [1.54, 1.807) is 0 Å². The van der Waals surface area contributed by atoms with Crippen molar-refractivity contribution in [2.75, 3.05) is 18.9 Å². The van der Waals surface area contributed by atoms with Gasteiger partial charge in [-0.2, -0.15) is 0 Å². The van der Waals surface area contributed by atoms with Gasteiger partial charge in [0.25, 0.3) is 5.69 Å². The van der Waals surface area contributed by atoms with Gasteiger partial charge in [0.2, 0.25) is 0 Å². The highest BCUT2D eigenvalue weighted by atomic mass is 16.6. The molecular weight excluding hydrogens is 274 g/mol. The summed E-state index contributed by atoms with van der Waals surface area (Å²) in [5.41, 5.74) is 0.272. The molecule has 1 saturated heterocycles. The lowest BCUT2D eigenvalue weighted by Crippen LogP contribution is -2.42. The summed E-state index contributed by atoms with van der Waals surface area (Å²) in [5, 5.41) is 23.2. The van der Waals surface area contributed by atoms with E-state index in [2.05, 4.69) is 24.2 Å². The number of carboxylic acid groups (broad SMARTS) is 1. The summed E-state index contributed by atoms with van der Waals surface area (Å²) in [7, 11) is 2.05. The van der Waals surface area contributed by atoms with Crippen molar-refractivity contribution in [1.82, 2.24) is 4.90 Å². The van der Waals surface area contributed by atoms with Gasteiger partial charge in [0.05, 0.1) is 16.2 Å². The van der Waals surface area contributed by atoms with E-state index in [0.29, 0.717) is 11.7 Å². The van der Waals surface area contributed by atoms with Crippen molar-refractivity contribution in [3.63, 3.8) is 0 Å². The number of hydrogen-bond donors (Lipinski definition) is 2. The molecule has 0 bridgehead atoms. The van der Waals surface area contributed by atoms with Crippen molar-refractivity contribution in [1.29, 1.82) is 0 Å². The SMILES string of the molecule is CC1CC(Nc2cc([N+](=O)[O-])ccc2C(=O)O)CCN1C. The van der Waals surface area contributed by atoms with Crippen molar-refractivity contribution >= 4 is 17.3 Å². The van der Waals surface area contributed by atoms with Gasteiger partial charge in [-0.1, -0.05) is 0 Å². The minimum atomic E-state index is -1.09. The normalized spacial score (nSPS) is 22.8. The van der Waals surface area contributed by atoms with Gasteiger partial charge >= 0.3 is 5.97 Å². The topological polar surface area (TPSA) is 95.7 Å². The molecule has 0 spiro atoms. The summed E-state index contributed by atoms with van der Waals surface area (Å²) >= 11 is 0. The standard InChI is InChI=1S/C14H19N3O4/c1-9-7-10(5-6-16(9)2)15-13-8-11(17(20)21)3-4-12(13)14(18)19/h3-4,8-10,15H,5-7H2,1-2H3,(H,18,19). The Morgan fingerprint density at radius 3 is 2.81 bits per heavy atom. The van der Waals surface area contributed by atoms with Crippen LogP contribution in [0.25, 0.3) is 0 Å². The van der Waals surface area contributed by atoms with Crippen LogP contribution in [-0.4, -0.2) is 46.6 Å². The van der Waals surface area contributed by atoms with E-state index in [9.17, 15) is 20.0 Å². The molecule has 114 valence electrons. The summed E-state index contributed by atoms with van der Waals surface area (Å²) in [6, 6.07) is 4.30. The van der Waals surface area contributed by atoms with Gasteiger partial charge in [-0.15, -0.1) is 0 Å². The molecule has 2 atom stereocenters. The first kappa shape index (κ1) is 15.2. The Morgan fingerprint density at radius 1 is 1.52 bits per heavy atom. The Labute approximate surface area is 122 Å². The average molecular weight is 293 g/mol. The van der Waals surface area contributed by atoms with E-state index in [0.717, 1.165) is 19.4 Å². The molecule has 2 rings (SSSR count). The van der Waals surface area contributed by atoms with Gasteiger partial charge in [-0.05, 0) is 32.9 Å². The Balaban J connectivity index is 2.23. The Hall–Kier alpha value is -2.15. The molecule has 21 heavy (non-hydrogen) atoms. The van der Waals surface area contributed by atoms with Crippen molar-refractivity contribution in [2.24, 2.45) is 0 Å². The number of nitro groups is 1. The Kier molecular flexibility index (Phi) is 4.42. The number of aromatic carboxylic acids is 1. The first-order valence-corrected chi connectivity index (χ1v) is 6.87. The third-order valence-corrected chi connectivity index (χ3v) is 4.01. The van der Waals surface area contributed by atoms with Crippen molar-refractivity contribution in [3.05, 3.63) is 33.9 Å². The predicted molar refractivity (Wildman–Crippen MR) is 78.8 cm³/mol. The van der Waals surface area contributed by atoms with E-state index >= 15 is 0 Å². The number of rotatable bonds is 4. The lowest BCUT2D eigenvalue weighted by molar-refractivity contribution is -0.384. The van der Waals surface area contributed by atoms with E-state index < -0.39 is 10.9 Å². The maximum Gasteiger partial charge on any atom is 0.337 e. The van der Waals surface area contributed by atoms with Crippen molar-refractivity contribution in [3.8, 4) is 0 Å². The predicted octanol–water partition coefficient (Wildman–Crippen LogP) is 2.19. The van der Waals surface area contributed by atoms with Gasteiger partial charge in [0, 0.05) is 30.8 Å². The number of hydrogen-bond acceptors (Lipinski definition) is 5. The summed E-state index contributed by atoms with van der Waals surface area (Å²) in [6.07, 6.45) is 1.75. The molecule has 0 aromatic heterocycles. The van der Waals surface area contributed by atoms with Crippen LogP contribution in [0, 0.1) is 10.1 Å². The third-order valence-electron chi connectivity index (χ3n) is 4.01. The molecule has 1 aliphatic heterocycles. The van der Waals surface area contributed by atoms with Crippen LogP contribution in [0.15, 0.2) is 18.2 Å². The second-order valence-electron chi connectivity index (χ2n) is 5.49. The zero-order valence-electron chi connectivity index (χ0n) is 12.1. The van der Waals surface area contributed by atoms with Gasteiger partial charge < -0.3 is 15.3 Å². The molecule has 7 heteroatoms. The lowest BCUT2D eigenvalue weighted by atomic mass is 9.98. The molecule has 0 amide bonds. The zero-order chi connectivity index (χ0) is 15.6. The fourth-order valence-corrected chi connectivity index (χ4v) is 2.59. The number of nitro benzene ring substituents is 1. The molecule has 1 aromatic carbocycles. The molecular formula is C14H19N3O4. The maximum absolute atomic E-state index is 11.2. The number of nitrogens with one attached hydrogen (secondary N) is 1. The summed E-state index contributed by atoms with van der Waals surface area (Å²) in [5.74, 6) is -1.09. The number of non-ortho nitro benzene ring substituents is 1. The molecule has 1 aliphatic rings. The number of anilines is 1. The highest BCUT2D eigenvalue weighted by molar-refractivity contribution is 5.94. The minimum absolute atomic E-state index is 0.0622. The maximum atomic E-state index is 11.2. The fourth-order valence-electron chi connectivity index (χ4n) is 2.59. The smallest absolute Gasteiger partial charge is 0.337 e. The number of benzene rings is 1. The Morgan fingerprint density at radius 2 is 2.24 bits per heavy atom. The molecule has 1 heterocycles. The van der Waals surface area contributed by atoms with Gasteiger partial charge in [0.1, 0.15) is 0 Å². The van der Waals surface area contributed by atoms with E-state index in [1.165, 1.54) is 18.2 Å². The number of likely N-dealkylation sites (tertiary alicyclic amines) is 1. The van der Waals surface area contributed by atoms with E-state index in [4.69, 9.17) is 0 Å². The zero-order valence-corrected chi connectivity index (χ0v) is 12.1. The van der Waals surface area contributed by atoms with Crippen LogP contribution in [0.3, 0.4) is 0 Å². The van der Waals surface area contributed by atoms with Crippen LogP contribution in [-0.2, 0) is 0 Å². The number of carbonyl (C=O) groups is 1. The number of carboxylic acids is 1. The quantitative estimate of drug-likeness (QED) is 0.652. The number of nitrogens with zero attached hydrogens (tertiary/aromatic N) is 2. The second kappa shape index (κ2) is 6.09. The van der Waals surface area contributed by atoms with Crippen LogP contribution in [0.4, 0.5) is 11.4 Å². The van der Waals surface area contributed by atoms with Crippen LogP contribution in [0.5, 0.6) is 0 Å². The van der Waals surface area contributed by atoms with Crippen molar-refractivity contribution in [2.45, 2.75) is 31.8 Å². The van der Waals surface area contributed by atoms with Crippen LogP contribution in [0.2, 0.25) is 0 Å². The van der Waals surface area contributed by atoms with E-state index in [-0.39, 0.29) is 17.3 Å². The van der Waals surface area contributed by atoms with Crippen LogP contribution in [0.1, 0.15) is 30.1 Å². The van der Waals surface area contributed by atoms with Gasteiger partial charge in [-0.3, -0.25) is 10.1 Å². The largest absolute Gasteiger partial charge is 0.478 e. The minimum Gasteiger partial charge on any atom is -0.478 e. The summed E-state index contributed by atoms with van der Waals surface area (Å²) < 4.78 is 0. The second-order valence-corrected chi connectivity index (χ2v) is 5.49. The van der Waals surface area contributed by atoms with Gasteiger partial charge in [-0.25, -0.2) is 4.79 Å². The molecule has 2 unspecified atom stereocenters. The highest BCUT2D eigenvalue weighted by Gasteiger charge is 2.24. The van der Waals surface area contributed by atoms with Crippen LogP contribution < -0.4 is 5.32 Å². The molecule has 0 saturated carbocycles. The molecule has 1 aromatic rings. The molecule has 1 fully saturated rings.